The highest BCUT2D eigenvalue weighted by molar-refractivity contribution is 6.09. The van der Waals surface area contributed by atoms with Crippen molar-refractivity contribution in [2.45, 2.75) is 19.8 Å². The molecule has 1 aromatic rings. The number of anilines is 2. The molecule has 1 aromatic carbocycles. The van der Waals surface area contributed by atoms with Crippen LogP contribution in [-0.4, -0.2) is 50.7 Å². The quantitative estimate of drug-likeness (QED) is 0.612. The fourth-order valence-electron chi connectivity index (χ4n) is 2.43. The number of para-hydroxylation sites is 2. The number of amides is 4. The minimum atomic E-state index is -0.397. The number of benzene rings is 1. The zero-order chi connectivity index (χ0) is 18.1. The molecule has 0 aliphatic carbocycles. The van der Waals surface area contributed by atoms with E-state index >= 15 is 0 Å². The molecule has 1 aliphatic rings. The summed E-state index contributed by atoms with van der Waals surface area (Å²) in [5.74, 6) is -0.380. The van der Waals surface area contributed by atoms with Crippen LogP contribution in [0.1, 0.15) is 19.8 Å². The molecule has 25 heavy (non-hydrogen) atoms. The van der Waals surface area contributed by atoms with Crippen LogP contribution in [0.4, 0.5) is 16.2 Å². The van der Waals surface area contributed by atoms with Gasteiger partial charge in [0, 0.05) is 32.7 Å². The van der Waals surface area contributed by atoms with E-state index in [1.165, 1.54) is 4.90 Å². The summed E-state index contributed by atoms with van der Waals surface area (Å²) in [5.41, 5.74) is 1.24. The maximum absolute atomic E-state index is 12.3. The molecule has 3 N–H and O–H groups in total. The van der Waals surface area contributed by atoms with Gasteiger partial charge in [-0.15, -0.1) is 0 Å². The molecule has 0 aromatic heterocycles. The van der Waals surface area contributed by atoms with E-state index in [1.54, 1.807) is 24.3 Å². The maximum atomic E-state index is 12.3. The van der Waals surface area contributed by atoms with Gasteiger partial charge in [0.2, 0.25) is 11.8 Å². The van der Waals surface area contributed by atoms with Crippen LogP contribution in [0.25, 0.3) is 0 Å². The standard InChI is InChI=1S/C17H24N4O4/c1-2-25-11-5-9-18-15(22)8-10-19-17(24)21-12-16(23)20-13-6-3-4-7-14(13)21/h3-4,6-7H,2,5,8-12H2,1H3,(H,18,22)(H,19,24)(H,20,23). The first-order chi connectivity index (χ1) is 12.1. The molecule has 0 fully saturated rings. The number of ether oxygens (including phenoxy) is 1. The number of urea groups is 1. The summed E-state index contributed by atoms with van der Waals surface area (Å²) in [6, 6.07) is 6.69. The molecule has 1 aliphatic heterocycles. The third kappa shape index (κ3) is 5.75. The highest BCUT2D eigenvalue weighted by Crippen LogP contribution is 2.28. The van der Waals surface area contributed by atoms with Crippen molar-refractivity contribution in [2.24, 2.45) is 0 Å². The van der Waals surface area contributed by atoms with Crippen LogP contribution in [-0.2, 0) is 14.3 Å². The number of fused-ring (bicyclic) bond motifs is 1. The van der Waals surface area contributed by atoms with E-state index in [9.17, 15) is 14.4 Å². The van der Waals surface area contributed by atoms with Crippen molar-refractivity contribution in [1.29, 1.82) is 0 Å². The second-order valence-electron chi connectivity index (χ2n) is 5.53. The number of rotatable bonds is 8. The Balaban J connectivity index is 1.74. The molecule has 1 heterocycles. The van der Waals surface area contributed by atoms with Crippen LogP contribution in [0.15, 0.2) is 24.3 Å². The Hall–Kier alpha value is -2.61. The van der Waals surface area contributed by atoms with Crippen molar-refractivity contribution in [3.63, 3.8) is 0 Å². The van der Waals surface area contributed by atoms with Gasteiger partial charge >= 0.3 is 6.03 Å². The highest BCUT2D eigenvalue weighted by atomic mass is 16.5. The van der Waals surface area contributed by atoms with E-state index in [0.29, 0.717) is 31.1 Å². The number of nitrogens with one attached hydrogen (secondary N) is 3. The number of hydrogen-bond donors (Lipinski definition) is 3. The molecule has 0 saturated carbocycles. The number of carbonyl (C=O) groups excluding carboxylic acids is 3. The summed E-state index contributed by atoms with van der Waals surface area (Å²) in [6.45, 7) is 3.91. The first-order valence-electron chi connectivity index (χ1n) is 8.40. The third-order valence-corrected chi connectivity index (χ3v) is 3.64. The Labute approximate surface area is 146 Å². The van der Waals surface area contributed by atoms with E-state index in [4.69, 9.17) is 4.74 Å². The molecule has 8 nitrogen and oxygen atoms in total. The van der Waals surface area contributed by atoms with Crippen LogP contribution >= 0.6 is 0 Å². The first-order valence-corrected chi connectivity index (χ1v) is 8.40. The first kappa shape index (κ1) is 18.7. The average Bonchev–Trinajstić information content (AvgIpc) is 2.60. The van der Waals surface area contributed by atoms with Crippen molar-refractivity contribution in [3.8, 4) is 0 Å². The van der Waals surface area contributed by atoms with E-state index in [-0.39, 0.29) is 31.3 Å². The van der Waals surface area contributed by atoms with Crippen molar-refractivity contribution < 1.29 is 19.1 Å². The molecule has 0 atom stereocenters. The zero-order valence-corrected chi connectivity index (χ0v) is 14.3. The van der Waals surface area contributed by atoms with Gasteiger partial charge in [0.15, 0.2) is 0 Å². The van der Waals surface area contributed by atoms with Crippen molar-refractivity contribution in [3.05, 3.63) is 24.3 Å². The van der Waals surface area contributed by atoms with Crippen molar-refractivity contribution in [1.82, 2.24) is 10.6 Å². The number of carbonyl (C=O) groups is 3. The lowest BCUT2D eigenvalue weighted by molar-refractivity contribution is -0.121. The largest absolute Gasteiger partial charge is 0.382 e. The smallest absolute Gasteiger partial charge is 0.322 e. The molecule has 0 unspecified atom stereocenters. The Morgan fingerprint density at radius 2 is 2.04 bits per heavy atom. The fourth-order valence-corrected chi connectivity index (χ4v) is 2.43. The molecule has 136 valence electrons. The minimum Gasteiger partial charge on any atom is -0.382 e. The maximum Gasteiger partial charge on any atom is 0.322 e. The van der Waals surface area contributed by atoms with Gasteiger partial charge in [-0.25, -0.2) is 4.79 Å². The topological polar surface area (TPSA) is 99.8 Å². The summed E-state index contributed by atoms with van der Waals surface area (Å²) >= 11 is 0. The molecule has 4 amide bonds. The Morgan fingerprint density at radius 1 is 1.24 bits per heavy atom. The summed E-state index contributed by atoms with van der Waals surface area (Å²) in [6.07, 6.45) is 0.938. The lowest BCUT2D eigenvalue weighted by atomic mass is 10.2. The zero-order valence-electron chi connectivity index (χ0n) is 14.3. The van der Waals surface area contributed by atoms with Gasteiger partial charge in [-0.1, -0.05) is 12.1 Å². The van der Waals surface area contributed by atoms with Gasteiger partial charge in [0.25, 0.3) is 0 Å². The number of hydrogen-bond acceptors (Lipinski definition) is 4. The van der Waals surface area contributed by atoms with Crippen LogP contribution in [0.3, 0.4) is 0 Å². The third-order valence-electron chi connectivity index (χ3n) is 3.64. The molecule has 2 rings (SSSR count). The van der Waals surface area contributed by atoms with Gasteiger partial charge in [-0.05, 0) is 25.5 Å². The minimum absolute atomic E-state index is 0.0491. The van der Waals surface area contributed by atoms with Gasteiger partial charge in [0.05, 0.1) is 11.4 Å². The van der Waals surface area contributed by atoms with Crippen LogP contribution < -0.4 is 20.9 Å². The summed E-state index contributed by atoms with van der Waals surface area (Å²) in [5, 5.41) is 8.17. The van der Waals surface area contributed by atoms with Gasteiger partial charge < -0.3 is 20.7 Å². The Morgan fingerprint density at radius 3 is 2.84 bits per heavy atom. The second-order valence-corrected chi connectivity index (χ2v) is 5.53. The van der Waals surface area contributed by atoms with Crippen LogP contribution in [0.2, 0.25) is 0 Å². The van der Waals surface area contributed by atoms with Crippen LogP contribution in [0.5, 0.6) is 0 Å². The van der Waals surface area contributed by atoms with Gasteiger partial charge in [-0.2, -0.15) is 0 Å². The predicted molar refractivity (Wildman–Crippen MR) is 94.6 cm³/mol. The SMILES string of the molecule is CCOCCCNC(=O)CCNC(=O)N1CC(=O)Nc2ccccc21. The predicted octanol–water partition coefficient (Wildman–Crippen LogP) is 1.09. The molecule has 0 spiro atoms. The average molecular weight is 348 g/mol. The molecule has 0 saturated heterocycles. The van der Waals surface area contributed by atoms with E-state index in [2.05, 4.69) is 16.0 Å². The normalized spacial score (nSPS) is 13.0. The van der Waals surface area contributed by atoms with Gasteiger partial charge in [-0.3, -0.25) is 14.5 Å². The molecular formula is C17H24N4O4. The summed E-state index contributed by atoms with van der Waals surface area (Å²) < 4.78 is 5.19. The van der Waals surface area contributed by atoms with Gasteiger partial charge in [0.1, 0.15) is 6.54 Å². The fraction of sp³-hybridized carbons (Fsp3) is 0.471. The highest BCUT2D eigenvalue weighted by Gasteiger charge is 2.26. The molecular weight excluding hydrogens is 324 g/mol. The molecule has 0 bridgehead atoms. The van der Waals surface area contributed by atoms with E-state index in [1.807, 2.05) is 6.92 Å². The van der Waals surface area contributed by atoms with E-state index in [0.717, 1.165) is 6.42 Å². The summed E-state index contributed by atoms with van der Waals surface area (Å²) in [4.78, 5) is 37.1. The van der Waals surface area contributed by atoms with E-state index < -0.39 is 6.03 Å². The van der Waals surface area contributed by atoms with Crippen molar-refractivity contribution in [2.75, 3.05) is 43.1 Å². The van der Waals surface area contributed by atoms with Crippen molar-refractivity contribution >= 4 is 29.2 Å². The molecule has 0 radical (unpaired) electrons. The summed E-state index contributed by atoms with van der Waals surface area (Å²) in [7, 11) is 0. The monoisotopic (exact) mass is 348 g/mol. The lowest BCUT2D eigenvalue weighted by Crippen LogP contribution is -2.47. The Kier molecular flexibility index (Phi) is 7.21. The Bertz CT molecular complexity index is 620. The number of nitrogens with zero attached hydrogens (tertiary/aromatic N) is 1. The second kappa shape index (κ2) is 9.63. The molecule has 8 heteroatoms. The lowest BCUT2D eigenvalue weighted by Gasteiger charge is -2.29. The van der Waals surface area contributed by atoms with Crippen LogP contribution in [0, 0.1) is 0 Å².